The van der Waals surface area contributed by atoms with E-state index in [1.807, 2.05) is 47.4 Å². The second-order valence-electron chi connectivity index (χ2n) is 12.9. The first-order valence-electron chi connectivity index (χ1n) is 16.3. The van der Waals surface area contributed by atoms with E-state index in [2.05, 4.69) is 25.4 Å². The van der Waals surface area contributed by atoms with E-state index in [4.69, 9.17) is 4.74 Å². The van der Waals surface area contributed by atoms with Gasteiger partial charge in [-0.05, 0) is 18.6 Å². The summed E-state index contributed by atoms with van der Waals surface area (Å²) >= 11 is 0. The van der Waals surface area contributed by atoms with Crippen molar-refractivity contribution in [1.82, 2.24) is 29.2 Å². The summed E-state index contributed by atoms with van der Waals surface area (Å²) in [7, 11) is 0. The molecule has 2 aromatic heterocycles. The SMILES string of the molecule is O=C1NC(=O)c2c1c1c3ccccc3n3c1c1c2c2ccccc2n1CC(OC(=O)N1CCN(CCN2CCCC2=O)CC1)CC3. The van der Waals surface area contributed by atoms with Gasteiger partial charge in [-0.2, -0.15) is 0 Å². The average molecular weight is 619 g/mol. The Kier molecular flexibility index (Phi) is 6.15. The number of benzene rings is 3. The summed E-state index contributed by atoms with van der Waals surface area (Å²) in [6.07, 6.45) is 1.48. The molecule has 2 saturated heterocycles. The molecule has 2 fully saturated rings. The van der Waals surface area contributed by atoms with Crippen molar-refractivity contribution in [3.8, 4) is 0 Å². The number of fused-ring (bicyclic) bond motifs is 9. The monoisotopic (exact) mass is 618 g/mol. The van der Waals surface area contributed by atoms with Gasteiger partial charge in [-0.15, -0.1) is 0 Å². The minimum Gasteiger partial charge on any atom is -0.444 e. The average Bonchev–Trinajstić information content (AvgIpc) is 3.79. The predicted molar refractivity (Wildman–Crippen MR) is 173 cm³/mol. The van der Waals surface area contributed by atoms with Gasteiger partial charge in [0.25, 0.3) is 11.8 Å². The van der Waals surface area contributed by atoms with Crippen LogP contribution in [0.25, 0.3) is 43.6 Å². The maximum Gasteiger partial charge on any atom is 0.410 e. The maximum absolute atomic E-state index is 13.6. The van der Waals surface area contributed by atoms with Crippen LogP contribution < -0.4 is 5.32 Å². The molecule has 1 atom stereocenters. The minimum atomic E-state index is -0.404. The topological polar surface area (TPSA) is 109 Å². The van der Waals surface area contributed by atoms with E-state index in [-0.39, 0.29) is 23.8 Å². The number of carbonyl (C=O) groups excluding carboxylic acids is 4. The van der Waals surface area contributed by atoms with E-state index in [9.17, 15) is 19.2 Å². The van der Waals surface area contributed by atoms with E-state index in [0.29, 0.717) is 50.1 Å². The molecule has 9 rings (SSSR count). The number of piperazine rings is 1. The second kappa shape index (κ2) is 10.3. The Balaban J connectivity index is 1.06. The Morgan fingerprint density at radius 2 is 1.39 bits per heavy atom. The first kappa shape index (κ1) is 27.4. The number of rotatable bonds is 4. The highest BCUT2D eigenvalue weighted by Gasteiger charge is 2.38. The van der Waals surface area contributed by atoms with Gasteiger partial charge < -0.3 is 23.7 Å². The van der Waals surface area contributed by atoms with Crippen LogP contribution in [0.4, 0.5) is 4.79 Å². The van der Waals surface area contributed by atoms with Gasteiger partial charge in [0, 0.05) is 97.8 Å². The third kappa shape index (κ3) is 4.00. The zero-order valence-electron chi connectivity index (χ0n) is 25.5. The van der Waals surface area contributed by atoms with Gasteiger partial charge in [0.2, 0.25) is 5.91 Å². The standard InChI is InChI=1S/C35H34N6O5/c42-26-10-5-12-38(26)17-14-37-15-18-39(19-16-37)35(45)46-21-11-13-40-24-8-3-1-6-22(24)27-29-30(34(44)36-33(29)43)28-23-7-2-4-9-25(23)41(20-21)32(28)31(27)40/h1-4,6-9,21H,5,10-20H2,(H,36,43,44). The highest BCUT2D eigenvalue weighted by atomic mass is 16.6. The van der Waals surface area contributed by atoms with Gasteiger partial charge in [-0.1, -0.05) is 36.4 Å². The molecule has 1 N–H and O–H groups in total. The molecule has 6 heterocycles. The van der Waals surface area contributed by atoms with Gasteiger partial charge in [0.15, 0.2) is 0 Å². The Labute approximate surface area is 264 Å². The number of para-hydroxylation sites is 2. The van der Waals surface area contributed by atoms with Crippen LogP contribution >= 0.6 is 0 Å². The van der Waals surface area contributed by atoms with Crippen molar-refractivity contribution < 1.29 is 23.9 Å². The van der Waals surface area contributed by atoms with Crippen molar-refractivity contribution in [2.75, 3.05) is 45.8 Å². The van der Waals surface area contributed by atoms with Gasteiger partial charge in [0.05, 0.1) is 28.7 Å². The van der Waals surface area contributed by atoms with E-state index < -0.39 is 6.10 Å². The lowest BCUT2D eigenvalue weighted by atomic mass is 9.96. The number of imide groups is 1. The number of nitrogens with zero attached hydrogens (tertiary/aromatic N) is 5. The summed E-state index contributed by atoms with van der Waals surface area (Å²) < 4.78 is 10.7. The lowest BCUT2D eigenvalue weighted by molar-refractivity contribution is -0.127. The van der Waals surface area contributed by atoms with Crippen molar-refractivity contribution in [2.24, 2.45) is 0 Å². The summed E-state index contributed by atoms with van der Waals surface area (Å²) in [5.74, 6) is -0.496. The molecule has 1 unspecified atom stereocenters. The zero-order valence-corrected chi connectivity index (χ0v) is 25.5. The van der Waals surface area contributed by atoms with Gasteiger partial charge in [0.1, 0.15) is 6.10 Å². The number of likely N-dealkylation sites (tertiary alicyclic amines) is 1. The first-order valence-corrected chi connectivity index (χ1v) is 16.3. The molecule has 0 aliphatic carbocycles. The molecule has 5 aromatic rings. The molecule has 3 aromatic carbocycles. The molecule has 4 amide bonds. The first-order chi connectivity index (χ1) is 22.5. The fraction of sp³-hybridized carbons (Fsp3) is 0.371. The Hall–Kier alpha value is -4.90. The largest absolute Gasteiger partial charge is 0.444 e. The van der Waals surface area contributed by atoms with Gasteiger partial charge in [-0.3, -0.25) is 24.6 Å². The van der Waals surface area contributed by atoms with Crippen LogP contribution in [0.15, 0.2) is 48.5 Å². The summed E-state index contributed by atoms with van der Waals surface area (Å²) in [5, 5.41) is 5.97. The Morgan fingerprint density at radius 1 is 0.761 bits per heavy atom. The molecule has 11 heteroatoms. The zero-order chi connectivity index (χ0) is 31.1. The van der Waals surface area contributed by atoms with Crippen molar-refractivity contribution >= 4 is 67.4 Å². The van der Waals surface area contributed by atoms with E-state index in [0.717, 1.165) is 82.8 Å². The molecule has 0 bridgehead atoms. The fourth-order valence-electron chi connectivity index (χ4n) is 8.20. The van der Waals surface area contributed by atoms with Crippen LogP contribution in [0.5, 0.6) is 0 Å². The molecule has 0 saturated carbocycles. The van der Waals surface area contributed by atoms with Crippen LogP contribution in [0, 0.1) is 0 Å². The second-order valence-corrected chi connectivity index (χ2v) is 12.9. The van der Waals surface area contributed by atoms with Crippen LogP contribution in [0.1, 0.15) is 40.0 Å². The number of carbonyl (C=O) groups is 4. The summed E-state index contributed by atoms with van der Waals surface area (Å²) in [5.41, 5.74) is 4.61. The summed E-state index contributed by atoms with van der Waals surface area (Å²) in [6.45, 7) is 6.09. The van der Waals surface area contributed by atoms with Gasteiger partial charge >= 0.3 is 6.09 Å². The lowest BCUT2D eigenvalue weighted by Crippen LogP contribution is -2.51. The van der Waals surface area contributed by atoms with E-state index >= 15 is 0 Å². The third-order valence-electron chi connectivity index (χ3n) is 10.4. The van der Waals surface area contributed by atoms with Crippen LogP contribution in [-0.4, -0.2) is 99.6 Å². The van der Waals surface area contributed by atoms with Crippen LogP contribution in [0.2, 0.25) is 0 Å². The number of aromatic nitrogens is 2. The Bertz CT molecular complexity index is 2140. The molecule has 4 aliphatic heterocycles. The molecule has 0 radical (unpaired) electrons. The molecule has 46 heavy (non-hydrogen) atoms. The smallest absolute Gasteiger partial charge is 0.410 e. The number of amides is 4. The number of hydrogen-bond acceptors (Lipinski definition) is 6. The highest BCUT2D eigenvalue weighted by molar-refractivity contribution is 6.39. The lowest BCUT2D eigenvalue weighted by Gasteiger charge is -2.35. The van der Waals surface area contributed by atoms with Crippen molar-refractivity contribution in [2.45, 2.75) is 38.5 Å². The number of ether oxygens (including phenoxy) is 1. The highest BCUT2D eigenvalue weighted by Crippen LogP contribution is 2.45. The normalized spacial score (nSPS) is 20.3. The molecule has 11 nitrogen and oxygen atoms in total. The van der Waals surface area contributed by atoms with Crippen LogP contribution in [0.3, 0.4) is 0 Å². The number of aryl methyl sites for hydroxylation is 1. The number of nitrogens with one attached hydrogen (secondary N) is 1. The molecule has 4 aliphatic rings. The third-order valence-corrected chi connectivity index (χ3v) is 10.4. The maximum atomic E-state index is 13.6. The molecule has 234 valence electrons. The van der Waals surface area contributed by atoms with E-state index in [1.54, 1.807) is 4.90 Å². The summed E-state index contributed by atoms with van der Waals surface area (Å²) in [4.78, 5) is 58.3. The Morgan fingerprint density at radius 3 is 2.04 bits per heavy atom. The molecular formula is C35H34N6O5. The number of hydrogen-bond donors (Lipinski definition) is 1. The minimum absolute atomic E-state index is 0.242. The quantitative estimate of drug-likeness (QED) is 0.306. The van der Waals surface area contributed by atoms with Crippen molar-refractivity contribution in [3.05, 3.63) is 59.7 Å². The molecule has 0 spiro atoms. The van der Waals surface area contributed by atoms with Crippen molar-refractivity contribution in [3.63, 3.8) is 0 Å². The summed E-state index contributed by atoms with van der Waals surface area (Å²) in [6, 6.07) is 16.0. The van der Waals surface area contributed by atoms with Gasteiger partial charge in [-0.25, -0.2) is 4.79 Å². The predicted octanol–water partition coefficient (Wildman–Crippen LogP) is 3.93. The van der Waals surface area contributed by atoms with E-state index in [1.165, 1.54) is 0 Å². The van der Waals surface area contributed by atoms with Crippen molar-refractivity contribution in [1.29, 1.82) is 0 Å². The molecular weight excluding hydrogens is 584 g/mol. The fourth-order valence-corrected chi connectivity index (χ4v) is 8.20. The van der Waals surface area contributed by atoms with Crippen LogP contribution in [-0.2, 0) is 22.6 Å².